The molecule has 0 aliphatic rings. The third kappa shape index (κ3) is 1.86. The van der Waals surface area contributed by atoms with Crippen molar-refractivity contribution in [2.24, 2.45) is 5.84 Å². The smallest absolute Gasteiger partial charge is 0.322 e. The van der Waals surface area contributed by atoms with Gasteiger partial charge in [-0.3, -0.25) is 10.2 Å². The maximum absolute atomic E-state index is 11.1. The van der Waals surface area contributed by atoms with Crippen molar-refractivity contribution in [1.29, 1.82) is 0 Å². The van der Waals surface area contributed by atoms with Crippen LogP contribution in [0.1, 0.15) is 10.7 Å². The minimum Gasteiger partial charge on any atom is -0.411 e. The molecule has 7 nitrogen and oxygen atoms in total. The van der Waals surface area contributed by atoms with Crippen LogP contribution in [0.3, 0.4) is 0 Å². The van der Waals surface area contributed by atoms with Gasteiger partial charge < -0.3 is 4.42 Å². The van der Waals surface area contributed by atoms with Gasteiger partial charge in [0.2, 0.25) is 0 Å². The number of rotatable bonds is 2. The maximum Gasteiger partial charge on any atom is 0.322 e. The zero-order valence-corrected chi connectivity index (χ0v) is 8.60. The molecule has 3 N–H and O–H groups in total. The molecule has 2 heterocycles. The zero-order chi connectivity index (χ0) is 11.5. The van der Waals surface area contributed by atoms with Gasteiger partial charge in [-0.2, -0.15) is 0 Å². The van der Waals surface area contributed by atoms with Crippen molar-refractivity contribution < 1.29 is 9.21 Å². The number of hydrogen-bond donors (Lipinski definition) is 2. The molecule has 0 unspecified atom stereocenters. The van der Waals surface area contributed by atoms with Gasteiger partial charge in [0.25, 0.3) is 5.89 Å². The Hall–Kier alpha value is -1.99. The Morgan fingerprint density at radius 2 is 2.31 bits per heavy atom. The van der Waals surface area contributed by atoms with E-state index in [1.165, 1.54) is 6.20 Å². The first-order chi connectivity index (χ1) is 7.72. The molecule has 1 amide bonds. The Balaban J connectivity index is 2.39. The SMILES string of the molecule is NNC(=O)c1nnc(-c2ncccc2Cl)o1. The number of nitrogens with zero attached hydrogens (tertiary/aromatic N) is 3. The number of halogens is 1. The largest absolute Gasteiger partial charge is 0.411 e. The van der Waals surface area contributed by atoms with E-state index in [1.807, 2.05) is 5.43 Å². The van der Waals surface area contributed by atoms with Crippen LogP contribution in [-0.4, -0.2) is 21.1 Å². The van der Waals surface area contributed by atoms with E-state index >= 15 is 0 Å². The van der Waals surface area contributed by atoms with E-state index in [0.717, 1.165) is 0 Å². The summed E-state index contributed by atoms with van der Waals surface area (Å²) in [6.45, 7) is 0. The number of nitrogens with one attached hydrogen (secondary N) is 1. The quantitative estimate of drug-likeness (QED) is 0.446. The zero-order valence-electron chi connectivity index (χ0n) is 7.85. The maximum atomic E-state index is 11.1. The molecule has 0 bridgehead atoms. The molecule has 2 aromatic heterocycles. The second-order valence-corrected chi connectivity index (χ2v) is 3.13. The van der Waals surface area contributed by atoms with Crippen molar-refractivity contribution in [2.75, 3.05) is 0 Å². The van der Waals surface area contributed by atoms with E-state index in [1.54, 1.807) is 12.1 Å². The molecule has 0 saturated carbocycles. The fourth-order valence-electron chi connectivity index (χ4n) is 1.02. The molecular formula is C8H6ClN5O2. The number of hydrogen-bond acceptors (Lipinski definition) is 6. The highest BCUT2D eigenvalue weighted by Gasteiger charge is 2.16. The van der Waals surface area contributed by atoms with E-state index in [2.05, 4.69) is 15.2 Å². The number of nitrogens with two attached hydrogens (primary N) is 1. The highest BCUT2D eigenvalue weighted by atomic mass is 35.5. The second-order valence-electron chi connectivity index (χ2n) is 2.72. The lowest BCUT2D eigenvalue weighted by atomic mass is 10.3. The molecule has 0 spiro atoms. The van der Waals surface area contributed by atoms with Crippen LogP contribution in [0.4, 0.5) is 0 Å². The van der Waals surface area contributed by atoms with Gasteiger partial charge in [0, 0.05) is 6.20 Å². The third-order valence-electron chi connectivity index (χ3n) is 1.71. The highest BCUT2D eigenvalue weighted by molar-refractivity contribution is 6.32. The van der Waals surface area contributed by atoms with Gasteiger partial charge in [-0.25, -0.2) is 10.8 Å². The lowest BCUT2D eigenvalue weighted by Gasteiger charge is -1.95. The topological polar surface area (TPSA) is 107 Å². The van der Waals surface area contributed by atoms with Crippen LogP contribution in [0, 0.1) is 0 Å². The van der Waals surface area contributed by atoms with Crippen molar-refractivity contribution in [3.63, 3.8) is 0 Å². The molecule has 16 heavy (non-hydrogen) atoms. The van der Waals surface area contributed by atoms with Crippen molar-refractivity contribution >= 4 is 17.5 Å². The van der Waals surface area contributed by atoms with Crippen molar-refractivity contribution in [3.8, 4) is 11.6 Å². The van der Waals surface area contributed by atoms with E-state index in [-0.39, 0.29) is 11.8 Å². The first-order valence-electron chi connectivity index (χ1n) is 4.17. The van der Waals surface area contributed by atoms with Crippen molar-refractivity contribution in [2.45, 2.75) is 0 Å². The van der Waals surface area contributed by atoms with Gasteiger partial charge in [0.1, 0.15) is 5.69 Å². The summed E-state index contributed by atoms with van der Waals surface area (Å²) in [6, 6.07) is 3.28. The number of hydrazine groups is 1. The van der Waals surface area contributed by atoms with Gasteiger partial charge in [0.05, 0.1) is 5.02 Å². The van der Waals surface area contributed by atoms with Gasteiger partial charge in [-0.1, -0.05) is 11.6 Å². The molecule has 0 aromatic carbocycles. The van der Waals surface area contributed by atoms with Crippen LogP contribution in [0.5, 0.6) is 0 Å². The first-order valence-corrected chi connectivity index (χ1v) is 4.55. The van der Waals surface area contributed by atoms with Gasteiger partial charge in [-0.15, -0.1) is 10.2 Å². The summed E-state index contributed by atoms with van der Waals surface area (Å²) < 4.78 is 5.04. The summed E-state index contributed by atoms with van der Waals surface area (Å²) in [7, 11) is 0. The number of nitrogen functional groups attached to an aromatic ring is 1. The fraction of sp³-hybridized carbons (Fsp3) is 0. The molecule has 2 aromatic rings. The van der Waals surface area contributed by atoms with E-state index in [0.29, 0.717) is 10.7 Å². The molecule has 0 fully saturated rings. The van der Waals surface area contributed by atoms with Crippen LogP contribution >= 0.6 is 11.6 Å². The Bertz CT molecular complexity index is 527. The molecular weight excluding hydrogens is 234 g/mol. The van der Waals surface area contributed by atoms with Crippen LogP contribution in [0.25, 0.3) is 11.6 Å². The molecule has 0 aliphatic heterocycles. The van der Waals surface area contributed by atoms with Crippen molar-refractivity contribution in [3.05, 3.63) is 29.2 Å². The molecule has 8 heteroatoms. The van der Waals surface area contributed by atoms with E-state index in [9.17, 15) is 4.79 Å². The predicted molar refractivity (Wildman–Crippen MR) is 54.2 cm³/mol. The summed E-state index contributed by atoms with van der Waals surface area (Å²) in [5.41, 5.74) is 2.18. The standard InChI is InChI=1S/C8H6ClN5O2/c9-4-2-1-3-11-5(4)7-13-14-8(16-7)6(15)12-10/h1-3H,10H2,(H,12,15). The highest BCUT2D eigenvalue weighted by Crippen LogP contribution is 2.23. The number of carbonyl (C=O) groups is 1. The van der Waals surface area contributed by atoms with E-state index in [4.69, 9.17) is 21.9 Å². The number of carbonyl (C=O) groups excluding carboxylic acids is 1. The minimum atomic E-state index is -0.675. The number of pyridine rings is 1. The molecule has 0 atom stereocenters. The van der Waals surface area contributed by atoms with E-state index < -0.39 is 5.91 Å². The van der Waals surface area contributed by atoms with Crippen LogP contribution in [-0.2, 0) is 0 Å². The third-order valence-corrected chi connectivity index (χ3v) is 2.02. The van der Waals surface area contributed by atoms with Gasteiger partial charge in [0.15, 0.2) is 0 Å². The molecule has 82 valence electrons. The minimum absolute atomic E-state index is 0.0594. The predicted octanol–water partition coefficient (Wildman–Crippen LogP) is 0.389. The Morgan fingerprint density at radius 3 is 3.00 bits per heavy atom. The molecule has 0 aliphatic carbocycles. The van der Waals surface area contributed by atoms with Crippen molar-refractivity contribution in [1.82, 2.24) is 20.6 Å². The van der Waals surface area contributed by atoms with Gasteiger partial charge in [-0.05, 0) is 12.1 Å². The summed E-state index contributed by atoms with van der Waals surface area (Å²) in [5, 5.41) is 7.49. The monoisotopic (exact) mass is 239 g/mol. The summed E-state index contributed by atoms with van der Waals surface area (Å²) in [4.78, 5) is 15.0. The number of amides is 1. The molecule has 0 radical (unpaired) electrons. The number of aromatic nitrogens is 3. The lowest BCUT2D eigenvalue weighted by molar-refractivity contribution is 0.0919. The summed E-state index contributed by atoms with van der Waals surface area (Å²) in [5.74, 6) is 4.05. The second kappa shape index (κ2) is 4.25. The van der Waals surface area contributed by atoms with Crippen LogP contribution < -0.4 is 11.3 Å². The first kappa shape index (κ1) is 10.5. The normalized spacial score (nSPS) is 10.1. The Morgan fingerprint density at radius 1 is 1.50 bits per heavy atom. The average molecular weight is 240 g/mol. The molecule has 0 saturated heterocycles. The molecule has 2 rings (SSSR count). The summed E-state index contributed by atoms with van der Waals surface area (Å²) >= 11 is 5.87. The van der Waals surface area contributed by atoms with Crippen LogP contribution in [0.15, 0.2) is 22.7 Å². The fourth-order valence-corrected chi connectivity index (χ4v) is 1.22. The van der Waals surface area contributed by atoms with Gasteiger partial charge >= 0.3 is 11.8 Å². The Labute approximate surface area is 94.6 Å². The summed E-state index contributed by atoms with van der Waals surface area (Å²) in [6.07, 6.45) is 1.52. The van der Waals surface area contributed by atoms with Crippen LogP contribution in [0.2, 0.25) is 5.02 Å². The Kier molecular flexibility index (Phi) is 2.80. The lowest BCUT2D eigenvalue weighted by Crippen LogP contribution is -2.30. The average Bonchev–Trinajstić information content (AvgIpc) is 2.78.